The molecule has 14 heavy (non-hydrogen) atoms. The lowest BCUT2D eigenvalue weighted by Crippen LogP contribution is -2.16. The zero-order valence-electron chi connectivity index (χ0n) is 9.68. The summed E-state index contributed by atoms with van der Waals surface area (Å²) in [6, 6.07) is 0. The fraction of sp³-hybridized carbons (Fsp3) is 1.00. The molecule has 0 bridgehead atoms. The van der Waals surface area contributed by atoms with E-state index in [1.54, 1.807) is 0 Å². The van der Waals surface area contributed by atoms with E-state index in [2.05, 4.69) is 12.2 Å². The molecule has 0 fully saturated rings. The van der Waals surface area contributed by atoms with Crippen molar-refractivity contribution in [2.45, 2.75) is 33.1 Å². The maximum absolute atomic E-state index is 5.39. The van der Waals surface area contributed by atoms with Crippen LogP contribution in [-0.4, -0.2) is 39.5 Å². The van der Waals surface area contributed by atoms with Gasteiger partial charge < -0.3 is 14.8 Å². The number of nitrogens with one attached hydrogen (secondary N) is 1. The molecule has 0 aliphatic rings. The second-order valence-corrected chi connectivity index (χ2v) is 3.27. The third-order valence-electron chi connectivity index (χ3n) is 1.90. The monoisotopic (exact) mass is 203 g/mol. The summed E-state index contributed by atoms with van der Waals surface area (Å²) >= 11 is 0. The lowest BCUT2D eigenvalue weighted by atomic mass is 10.3. The summed E-state index contributed by atoms with van der Waals surface area (Å²) < 4.78 is 10.5. The van der Waals surface area contributed by atoms with Crippen molar-refractivity contribution in [3.8, 4) is 0 Å². The molecule has 0 spiro atoms. The van der Waals surface area contributed by atoms with Crippen LogP contribution in [0.15, 0.2) is 0 Å². The molecule has 0 aromatic heterocycles. The molecule has 3 nitrogen and oxygen atoms in total. The molecule has 0 saturated heterocycles. The molecule has 0 unspecified atom stereocenters. The van der Waals surface area contributed by atoms with Gasteiger partial charge in [-0.3, -0.25) is 0 Å². The van der Waals surface area contributed by atoms with Crippen molar-refractivity contribution in [3.05, 3.63) is 0 Å². The topological polar surface area (TPSA) is 30.5 Å². The fourth-order valence-corrected chi connectivity index (χ4v) is 1.12. The molecular formula is C11H25NO2. The van der Waals surface area contributed by atoms with Crippen LogP contribution in [0.1, 0.15) is 33.1 Å². The summed E-state index contributed by atoms with van der Waals surface area (Å²) in [4.78, 5) is 0. The molecule has 0 aromatic rings. The van der Waals surface area contributed by atoms with Crippen molar-refractivity contribution in [1.82, 2.24) is 5.32 Å². The molecule has 0 amide bonds. The zero-order chi connectivity index (χ0) is 10.5. The largest absolute Gasteiger partial charge is 0.379 e. The highest BCUT2D eigenvalue weighted by Crippen LogP contribution is 1.89. The van der Waals surface area contributed by atoms with Crippen molar-refractivity contribution < 1.29 is 9.47 Å². The van der Waals surface area contributed by atoms with E-state index in [4.69, 9.17) is 9.47 Å². The summed E-state index contributed by atoms with van der Waals surface area (Å²) in [6.07, 6.45) is 3.56. The van der Waals surface area contributed by atoms with Crippen molar-refractivity contribution in [3.63, 3.8) is 0 Å². The van der Waals surface area contributed by atoms with Gasteiger partial charge in [0.15, 0.2) is 0 Å². The molecular weight excluding hydrogens is 178 g/mol. The summed E-state index contributed by atoms with van der Waals surface area (Å²) in [6.45, 7) is 9.53. The normalized spacial score (nSPS) is 10.7. The molecule has 0 rings (SSSR count). The smallest absolute Gasteiger partial charge is 0.0700 e. The van der Waals surface area contributed by atoms with Gasteiger partial charge in [-0.05, 0) is 39.3 Å². The molecule has 0 aliphatic carbocycles. The van der Waals surface area contributed by atoms with Crippen LogP contribution in [0.4, 0.5) is 0 Å². The Morgan fingerprint density at radius 1 is 0.857 bits per heavy atom. The fourth-order valence-electron chi connectivity index (χ4n) is 1.12. The van der Waals surface area contributed by atoms with Crippen molar-refractivity contribution in [2.75, 3.05) is 39.5 Å². The first-order valence-corrected chi connectivity index (χ1v) is 5.78. The molecule has 0 radical (unpaired) electrons. The van der Waals surface area contributed by atoms with Crippen LogP contribution in [-0.2, 0) is 9.47 Å². The second kappa shape index (κ2) is 12.9. The third-order valence-corrected chi connectivity index (χ3v) is 1.90. The first kappa shape index (κ1) is 13.9. The Labute approximate surface area is 88.2 Å². The van der Waals surface area contributed by atoms with E-state index in [0.29, 0.717) is 0 Å². The van der Waals surface area contributed by atoms with E-state index in [1.165, 1.54) is 12.8 Å². The molecule has 0 aliphatic heterocycles. The van der Waals surface area contributed by atoms with Crippen molar-refractivity contribution >= 4 is 0 Å². The minimum absolute atomic E-state index is 0.727. The minimum Gasteiger partial charge on any atom is -0.379 e. The lowest BCUT2D eigenvalue weighted by Gasteiger charge is -2.05. The van der Waals surface area contributed by atoms with Gasteiger partial charge in [-0.1, -0.05) is 6.92 Å². The van der Waals surface area contributed by atoms with E-state index in [9.17, 15) is 0 Å². The highest BCUT2D eigenvalue weighted by molar-refractivity contribution is 4.46. The second-order valence-electron chi connectivity index (χ2n) is 3.27. The van der Waals surface area contributed by atoms with Crippen LogP contribution < -0.4 is 5.32 Å². The molecule has 3 heteroatoms. The van der Waals surface area contributed by atoms with E-state index >= 15 is 0 Å². The zero-order valence-corrected chi connectivity index (χ0v) is 9.68. The highest BCUT2D eigenvalue weighted by Gasteiger charge is 1.90. The van der Waals surface area contributed by atoms with Gasteiger partial charge in [0, 0.05) is 13.2 Å². The Morgan fingerprint density at radius 2 is 1.64 bits per heavy atom. The third kappa shape index (κ3) is 11.9. The van der Waals surface area contributed by atoms with Gasteiger partial charge >= 0.3 is 0 Å². The summed E-state index contributed by atoms with van der Waals surface area (Å²) in [5.74, 6) is 0. The molecule has 0 saturated carbocycles. The van der Waals surface area contributed by atoms with E-state index in [1.807, 2.05) is 6.92 Å². The average Bonchev–Trinajstić information content (AvgIpc) is 2.21. The van der Waals surface area contributed by atoms with Crippen LogP contribution in [0.5, 0.6) is 0 Å². The van der Waals surface area contributed by atoms with Gasteiger partial charge in [0.05, 0.1) is 13.2 Å². The Morgan fingerprint density at radius 3 is 2.36 bits per heavy atom. The molecule has 1 N–H and O–H groups in total. The Hall–Kier alpha value is -0.120. The molecule has 0 heterocycles. The quantitative estimate of drug-likeness (QED) is 0.520. The minimum atomic E-state index is 0.727. The van der Waals surface area contributed by atoms with Crippen LogP contribution in [0.2, 0.25) is 0 Å². The number of rotatable bonds is 11. The lowest BCUT2D eigenvalue weighted by molar-refractivity contribution is 0.0514. The Kier molecular flexibility index (Phi) is 12.8. The molecule has 0 aromatic carbocycles. The number of ether oxygens (including phenoxy) is 2. The SMILES string of the molecule is CCCNCCCCOCCOCC. The van der Waals surface area contributed by atoms with Gasteiger partial charge in [-0.25, -0.2) is 0 Å². The van der Waals surface area contributed by atoms with E-state index in [0.717, 1.165) is 45.9 Å². The van der Waals surface area contributed by atoms with E-state index in [-0.39, 0.29) is 0 Å². The molecule has 86 valence electrons. The number of hydrogen-bond acceptors (Lipinski definition) is 3. The van der Waals surface area contributed by atoms with Gasteiger partial charge in [0.1, 0.15) is 0 Å². The number of hydrogen-bond donors (Lipinski definition) is 1. The maximum Gasteiger partial charge on any atom is 0.0700 e. The Bertz CT molecular complexity index is 87.3. The van der Waals surface area contributed by atoms with E-state index < -0.39 is 0 Å². The number of unbranched alkanes of at least 4 members (excludes halogenated alkanes) is 1. The van der Waals surface area contributed by atoms with Crippen LogP contribution >= 0.6 is 0 Å². The average molecular weight is 203 g/mol. The summed E-state index contributed by atoms with van der Waals surface area (Å²) in [5, 5.41) is 3.37. The van der Waals surface area contributed by atoms with Crippen molar-refractivity contribution in [1.29, 1.82) is 0 Å². The van der Waals surface area contributed by atoms with Gasteiger partial charge in [-0.2, -0.15) is 0 Å². The Balaban J connectivity index is 2.78. The first-order valence-electron chi connectivity index (χ1n) is 5.78. The summed E-state index contributed by atoms with van der Waals surface area (Å²) in [7, 11) is 0. The van der Waals surface area contributed by atoms with Crippen LogP contribution in [0, 0.1) is 0 Å². The molecule has 0 atom stereocenters. The predicted molar refractivity (Wildman–Crippen MR) is 59.7 cm³/mol. The summed E-state index contributed by atoms with van der Waals surface area (Å²) in [5.41, 5.74) is 0. The first-order chi connectivity index (χ1) is 6.91. The highest BCUT2D eigenvalue weighted by atomic mass is 16.5. The van der Waals surface area contributed by atoms with Crippen LogP contribution in [0.25, 0.3) is 0 Å². The van der Waals surface area contributed by atoms with Crippen molar-refractivity contribution in [2.24, 2.45) is 0 Å². The predicted octanol–water partition coefficient (Wildman–Crippen LogP) is 1.82. The van der Waals surface area contributed by atoms with Gasteiger partial charge in [0.2, 0.25) is 0 Å². The maximum atomic E-state index is 5.39. The van der Waals surface area contributed by atoms with Gasteiger partial charge in [0.25, 0.3) is 0 Å². The van der Waals surface area contributed by atoms with Gasteiger partial charge in [-0.15, -0.1) is 0 Å². The van der Waals surface area contributed by atoms with Crippen LogP contribution in [0.3, 0.4) is 0 Å². The standard InChI is InChI=1S/C11H25NO2/c1-3-7-12-8-5-6-9-14-11-10-13-4-2/h12H,3-11H2,1-2H3.